The Morgan fingerprint density at radius 1 is 1.12 bits per heavy atom. The summed E-state index contributed by atoms with van der Waals surface area (Å²) in [5, 5.41) is 10.3. The maximum atomic E-state index is 13.8. The van der Waals surface area contributed by atoms with Gasteiger partial charge in [0.05, 0.1) is 5.56 Å². The molecule has 0 saturated carbocycles. The van der Waals surface area contributed by atoms with Gasteiger partial charge >= 0.3 is 0 Å². The van der Waals surface area contributed by atoms with Crippen LogP contribution in [0.3, 0.4) is 0 Å². The van der Waals surface area contributed by atoms with Crippen LogP contribution in [-0.2, 0) is 0 Å². The molecule has 3 rings (SSSR count). The Hall–Kier alpha value is -2.88. The van der Waals surface area contributed by atoms with Gasteiger partial charge in [0, 0.05) is 23.1 Å². The maximum Gasteiger partial charge on any atom is 0.153 e. The van der Waals surface area contributed by atoms with Crippen molar-refractivity contribution in [2.75, 3.05) is 6.61 Å². The molecule has 24 heavy (non-hydrogen) atoms. The number of allylic oxidation sites excluding steroid dienone is 2. The lowest BCUT2D eigenvalue weighted by Crippen LogP contribution is -2.04. The van der Waals surface area contributed by atoms with Crippen molar-refractivity contribution in [3.05, 3.63) is 71.6 Å². The monoisotopic (exact) mass is 324 g/mol. The summed E-state index contributed by atoms with van der Waals surface area (Å²) in [4.78, 5) is 11.0. The van der Waals surface area contributed by atoms with Gasteiger partial charge in [0.25, 0.3) is 0 Å². The second kappa shape index (κ2) is 7.13. The Balaban J connectivity index is 1.92. The molecule has 0 atom stereocenters. The predicted molar refractivity (Wildman–Crippen MR) is 90.9 cm³/mol. The first-order valence-corrected chi connectivity index (χ1v) is 7.74. The van der Waals surface area contributed by atoms with Gasteiger partial charge in [-0.25, -0.2) is 4.39 Å². The molecular formula is C20H17FO3. The summed E-state index contributed by atoms with van der Waals surface area (Å²) < 4.78 is 19.6. The highest BCUT2D eigenvalue weighted by Gasteiger charge is 2.14. The first-order valence-electron chi connectivity index (χ1n) is 7.74. The fraction of sp³-hybridized carbons (Fsp3) is 0.150. The SMILES string of the molecule is O=Cc1cccc(-c2ccccc2OCC2=C(F)CCC=C2)c1O. The summed E-state index contributed by atoms with van der Waals surface area (Å²) in [6.07, 6.45) is 5.38. The fourth-order valence-corrected chi connectivity index (χ4v) is 2.66. The van der Waals surface area contributed by atoms with Crippen molar-refractivity contribution < 1.29 is 19.0 Å². The minimum atomic E-state index is -0.152. The first-order chi connectivity index (χ1) is 11.7. The van der Waals surface area contributed by atoms with E-state index in [0.29, 0.717) is 41.6 Å². The van der Waals surface area contributed by atoms with Gasteiger partial charge < -0.3 is 9.84 Å². The maximum absolute atomic E-state index is 13.8. The summed E-state index contributed by atoms with van der Waals surface area (Å²) in [7, 11) is 0. The molecule has 4 heteroatoms. The second-order valence-corrected chi connectivity index (χ2v) is 5.52. The van der Waals surface area contributed by atoms with Gasteiger partial charge in [-0.1, -0.05) is 42.5 Å². The van der Waals surface area contributed by atoms with E-state index in [9.17, 15) is 14.3 Å². The Labute approximate surface area is 139 Å². The molecule has 0 radical (unpaired) electrons. The normalized spacial score (nSPS) is 13.9. The number of para-hydroxylation sites is 2. The minimum Gasteiger partial charge on any atom is -0.507 e. The summed E-state index contributed by atoms with van der Waals surface area (Å²) in [6.45, 7) is 0.119. The van der Waals surface area contributed by atoms with E-state index < -0.39 is 0 Å². The zero-order chi connectivity index (χ0) is 16.9. The van der Waals surface area contributed by atoms with E-state index in [-0.39, 0.29) is 23.7 Å². The number of aldehydes is 1. The van der Waals surface area contributed by atoms with Crippen molar-refractivity contribution in [1.82, 2.24) is 0 Å². The molecule has 122 valence electrons. The number of hydrogen-bond acceptors (Lipinski definition) is 3. The van der Waals surface area contributed by atoms with Gasteiger partial charge in [0.15, 0.2) is 6.29 Å². The number of halogens is 1. The molecule has 2 aromatic rings. The van der Waals surface area contributed by atoms with Gasteiger partial charge in [-0.05, 0) is 18.6 Å². The number of ether oxygens (including phenoxy) is 1. The van der Waals surface area contributed by atoms with Crippen LogP contribution in [0.1, 0.15) is 23.2 Å². The van der Waals surface area contributed by atoms with Crippen LogP contribution in [0.5, 0.6) is 11.5 Å². The van der Waals surface area contributed by atoms with Crippen molar-refractivity contribution in [2.45, 2.75) is 12.8 Å². The standard InChI is InChI=1S/C20H17FO3/c21-18-10-3-1-6-15(18)13-24-19-11-4-2-8-16(19)17-9-5-7-14(12-22)20(17)23/h1-2,4-9,11-12,23H,3,10,13H2. The Bertz CT molecular complexity index is 821. The van der Waals surface area contributed by atoms with E-state index in [1.807, 2.05) is 12.1 Å². The van der Waals surface area contributed by atoms with Crippen molar-refractivity contribution in [1.29, 1.82) is 0 Å². The molecule has 0 heterocycles. The number of rotatable bonds is 5. The lowest BCUT2D eigenvalue weighted by Gasteiger charge is -2.15. The smallest absolute Gasteiger partial charge is 0.153 e. The second-order valence-electron chi connectivity index (χ2n) is 5.52. The van der Waals surface area contributed by atoms with Crippen LogP contribution in [0, 0.1) is 0 Å². The third-order valence-corrected chi connectivity index (χ3v) is 3.95. The van der Waals surface area contributed by atoms with Crippen molar-refractivity contribution in [3.63, 3.8) is 0 Å². The highest BCUT2D eigenvalue weighted by atomic mass is 19.1. The summed E-state index contributed by atoms with van der Waals surface area (Å²) in [6, 6.07) is 12.1. The third-order valence-electron chi connectivity index (χ3n) is 3.95. The molecule has 0 spiro atoms. The lowest BCUT2D eigenvalue weighted by atomic mass is 10.0. The molecule has 0 unspecified atom stereocenters. The highest BCUT2D eigenvalue weighted by Crippen LogP contribution is 2.37. The molecule has 0 saturated heterocycles. The van der Waals surface area contributed by atoms with Crippen LogP contribution in [0.15, 0.2) is 66.0 Å². The van der Waals surface area contributed by atoms with Crippen LogP contribution in [0.2, 0.25) is 0 Å². The first kappa shape index (κ1) is 16.0. The number of benzene rings is 2. The van der Waals surface area contributed by atoms with Crippen LogP contribution in [-0.4, -0.2) is 18.0 Å². The topological polar surface area (TPSA) is 46.5 Å². The summed E-state index contributed by atoms with van der Waals surface area (Å²) in [5.41, 5.74) is 1.90. The van der Waals surface area contributed by atoms with Crippen LogP contribution in [0.25, 0.3) is 11.1 Å². The summed E-state index contributed by atoms with van der Waals surface area (Å²) in [5.74, 6) is 0.280. The molecule has 1 aliphatic rings. The van der Waals surface area contributed by atoms with Crippen molar-refractivity contribution in [3.8, 4) is 22.6 Å². The molecule has 1 aliphatic carbocycles. The zero-order valence-electron chi connectivity index (χ0n) is 13.0. The van der Waals surface area contributed by atoms with Gasteiger partial charge in [-0.2, -0.15) is 0 Å². The molecule has 1 N–H and O–H groups in total. The number of hydrogen-bond donors (Lipinski definition) is 1. The zero-order valence-corrected chi connectivity index (χ0v) is 13.0. The molecular weight excluding hydrogens is 307 g/mol. The fourth-order valence-electron chi connectivity index (χ4n) is 2.66. The van der Waals surface area contributed by atoms with E-state index in [1.54, 1.807) is 42.5 Å². The van der Waals surface area contributed by atoms with Crippen LogP contribution >= 0.6 is 0 Å². The van der Waals surface area contributed by atoms with E-state index in [0.717, 1.165) is 0 Å². The van der Waals surface area contributed by atoms with E-state index in [4.69, 9.17) is 4.74 Å². The van der Waals surface area contributed by atoms with E-state index >= 15 is 0 Å². The van der Waals surface area contributed by atoms with Gasteiger partial charge in [0.2, 0.25) is 0 Å². The Morgan fingerprint density at radius 2 is 1.92 bits per heavy atom. The Kier molecular flexibility index (Phi) is 4.75. The average Bonchev–Trinajstić information content (AvgIpc) is 2.62. The molecule has 3 nitrogen and oxygen atoms in total. The van der Waals surface area contributed by atoms with Crippen LogP contribution in [0.4, 0.5) is 4.39 Å². The number of carbonyl (C=O) groups excluding carboxylic acids is 1. The lowest BCUT2D eigenvalue weighted by molar-refractivity contribution is 0.112. The number of aromatic hydroxyl groups is 1. The minimum absolute atomic E-state index is 0.0912. The predicted octanol–water partition coefficient (Wildman–Crippen LogP) is 4.82. The van der Waals surface area contributed by atoms with E-state index in [2.05, 4.69) is 0 Å². The summed E-state index contributed by atoms with van der Waals surface area (Å²) >= 11 is 0. The Morgan fingerprint density at radius 3 is 2.71 bits per heavy atom. The molecule has 0 aliphatic heterocycles. The molecule has 0 fully saturated rings. The van der Waals surface area contributed by atoms with E-state index in [1.165, 1.54) is 0 Å². The molecule has 0 aromatic heterocycles. The van der Waals surface area contributed by atoms with Crippen molar-refractivity contribution in [2.24, 2.45) is 0 Å². The largest absolute Gasteiger partial charge is 0.507 e. The van der Waals surface area contributed by atoms with Crippen molar-refractivity contribution >= 4 is 6.29 Å². The quantitative estimate of drug-likeness (QED) is 0.802. The molecule has 0 bridgehead atoms. The molecule has 0 amide bonds. The third kappa shape index (κ3) is 3.23. The number of phenolic OH excluding ortho intramolecular Hbond substituents is 1. The highest BCUT2D eigenvalue weighted by molar-refractivity contribution is 5.87. The van der Waals surface area contributed by atoms with Gasteiger partial charge in [-0.15, -0.1) is 0 Å². The van der Waals surface area contributed by atoms with Gasteiger partial charge in [-0.3, -0.25) is 4.79 Å². The number of phenols is 1. The number of carbonyl (C=O) groups is 1. The van der Waals surface area contributed by atoms with Gasteiger partial charge in [0.1, 0.15) is 23.9 Å². The molecule has 2 aromatic carbocycles. The average molecular weight is 324 g/mol. The van der Waals surface area contributed by atoms with Crippen LogP contribution < -0.4 is 4.74 Å².